The van der Waals surface area contributed by atoms with E-state index in [9.17, 15) is 9.59 Å². The van der Waals surface area contributed by atoms with E-state index in [2.05, 4.69) is 4.98 Å². The minimum atomic E-state index is -0.890. The molecule has 0 N–H and O–H groups in total. The van der Waals surface area contributed by atoms with Crippen LogP contribution in [0.2, 0.25) is 0 Å². The monoisotopic (exact) mass is 402 g/mol. The van der Waals surface area contributed by atoms with Gasteiger partial charge in [-0.1, -0.05) is 37.5 Å². The van der Waals surface area contributed by atoms with Crippen LogP contribution in [0.25, 0.3) is 0 Å². The van der Waals surface area contributed by atoms with Crippen molar-refractivity contribution in [1.29, 1.82) is 0 Å². The fraction of sp³-hybridized carbons (Fsp3) is 0.476. The van der Waals surface area contributed by atoms with E-state index in [0.717, 1.165) is 31.2 Å². The molecule has 3 rings (SSSR count). The first-order valence-corrected chi connectivity index (χ1v) is 10.5. The number of carbonyl (C=O) groups excluding carboxylic acids is 2. The Morgan fingerprint density at radius 3 is 2.68 bits per heavy atom. The van der Waals surface area contributed by atoms with E-state index >= 15 is 0 Å². The van der Waals surface area contributed by atoms with Crippen molar-refractivity contribution in [2.24, 2.45) is 0 Å². The molecular weight excluding hydrogens is 376 g/mol. The molecule has 150 valence electrons. The molecule has 1 unspecified atom stereocenters. The lowest BCUT2D eigenvalue weighted by Crippen LogP contribution is -2.47. The van der Waals surface area contributed by atoms with Gasteiger partial charge in [0.1, 0.15) is 5.75 Å². The van der Waals surface area contributed by atoms with Gasteiger partial charge in [0.2, 0.25) is 0 Å². The number of para-hydroxylation sites is 1. The lowest BCUT2D eigenvalue weighted by Gasteiger charge is -2.33. The van der Waals surface area contributed by atoms with Crippen molar-refractivity contribution in [3.63, 3.8) is 0 Å². The number of anilines is 1. The number of rotatable bonds is 7. The van der Waals surface area contributed by atoms with Crippen LogP contribution in [0.1, 0.15) is 44.6 Å². The van der Waals surface area contributed by atoms with E-state index in [0.29, 0.717) is 10.9 Å². The molecule has 0 spiro atoms. The zero-order chi connectivity index (χ0) is 19.9. The molecular formula is C21H26N2O4S. The second-order valence-corrected chi connectivity index (χ2v) is 7.87. The first-order valence-electron chi connectivity index (χ1n) is 9.66. The van der Waals surface area contributed by atoms with Crippen molar-refractivity contribution < 1.29 is 19.1 Å². The van der Waals surface area contributed by atoms with Crippen LogP contribution in [0.15, 0.2) is 35.8 Å². The molecule has 1 aromatic heterocycles. The Hall–Kier alpha value is -2.41. The van der Waals surface area contributed by atoms with Gasteiger partial charge in [0.05, 0.1) is 0 Å². The first-order chi connectivity index (χ1) is 13.6. The summed E-state index contributed by atoms with van der Waals surface area (Å²) >= 11 is 1.43. The molecule has 0 saturated heterocycles. The van der Waals surface area contributed by atoms with Crippen LogP contribution in [0.3, 0.4) is 0 Å². The maximum absolute atomic E-state index is 13.1. The molecule has 2 aromatic rings. The minimum absolute atomic E-state index is 0.108. The molecule has 1 amide bonds. The third-order valence-corrected chi connectivity index (χ3v) is 5.67. The van der Waals surface area contributed by atoms with Crippen molar-refractivity contribution in [3.05, 3.63) is 41.4 Å². The second kappa shape index (κ2) is 9.68. The fourth-order valence-electron chi connectivity index (χ4n) is 3.44. The predicted molar refractivity (Wildman–Crippen MR) is 109 cm³/mol. The lowest BCUT2D eigenvalue weighted by atomic mass is 9.94. The van der Waals surface area contributed by atoms with Crippen molar-refractivity contribution >= 4 is 28.3 Å². The standard InChI is InChI=1S/C21H26N2O4S/c1-15-8-6-7-11-18(15)26-14-19(24)27-16(2)20(25)23(21-22-12-13-28-21)17-9-4-3-5-10-17/h6-8,11-13,16-17H,3-5,9-10,14H2,1-2H3. The average molecular weight is 403 g/mol. The van der Waals surface area contributed by atoms with Crippen LogP contribution in [0.5, 0.6) is 5.75 Å². The van der Waals surface area contributed by atoms with E-state index in [-0.39, 0.29) is 18.6 Å². The summed E-state index contributed by atoms with van der Waals surface area (Å²) in [6.07, 6.45) is 6.08. The quantitative estimate of drug-likeness (QED) is 0.652. The Morgan fingerprint density at radius 1 is 1.25 bits per heavy atom. The normalized spacial score (nSPS) is 15.6. The third-order valence-electron chi connectivity index (χ3n) is 4.90. The molecule has 1 saturated carbocycles. The van der Waals surface area contributed by atoms with Crippen LogP contribution in [0.4, 0.5) is 5.13 Å². The van der Waals surface area contributed by atoms with Crippen molar-refractivity contribution in [3.8, 4) is 5.75 Å². The molecule has 1 aromatic carbocycles. The topological polar surface area (TPSA) is 68.7 Å². The van der Waals surface area contributed by atoms with Crippen molar-refractivity contribution in [2.75, 3.05) is 11.5 Å². The molecule has 0 bridgehead atoms. The Morgan fingerprint density at radius 2 is 2.00 bits per heavy atom. The smallest absolute Gasteiger partial charge is 0.344 e. The van der Waals surface area contributed by atoms with Gasteiger partial charge >= 0.3 is 5.97 Å². The second-order valence-electron chi connectivity index (χ2n) is 7.00. The van der Waals surface area contributed by atoms with E-state index < -0.39 is 12.1 Å². The summed E-state index contributed by atoms with van der Waals surface area (Å²) in [6, 6.07) is 7.56. The highest BCUT2D eigenvalue weighted by molar-refractivity contribution is 7.13. The SMILES string of the molecule is Cc1ccccc1OCC(=O)OC(C)C(=O)N(c1nccs1)C1CCCCC1. The fourth-order valence-corrected chi connectivity index (χ4v) is 4.15. The van der Waals surface area contributed by atoms with E-state index in [1.807, 2.05) is 30.5 Å². The highest BCUT2D eigenvalue weighted by atomic mass is 32.1. The number of ether oxygens (including phenoxy) is 2. The highest BCUT2D eigenvalue weighted by Gasteiger charge is 2.33. The van der Waals surface area contributed by atoms with Gasteiger partial charge in [-0.3, -0.25) is 9.69 Å². The van der Waals surface area contributed by atoms with E-state index in [4.69, 9.17) is 9.47 Å². The molecule has 6 nitrogen and oxygen atoms in total. The van der Waals surface area contributed by atoms with Crippen LogP contribution in [0, 0.1) is 6.92 Å². The number of thiazole rings is 1. The highest BCUT2D eigenvalue weighted by Crippen LogP contribution is 2.29. The Balaban J connectivity index is 1.61. The first kappa shape index (κ1) is 20.3. The average Bonchev–Trinajstić information content (AvgIpc) is 3.22. The van der Waals surface area contributed by atoms with Gasteiger partial charge in [-0.2, -0.15) is 0 Å². The molecule has 0 radical (unpaired) electrons. The number of esters is 1. The van der Waals surface area contributed by atoms with Crippen molar-refractivity contribution in [1.82, 2.24) is 4.98 Å². The summed E-state index contributed by atoms with van der Waals surface area (Å²) in [5.74, 6) is -0.164. The summed E-state index contributed by atoms with van der Waals surface area (Å²) < 4.78 is 10.9. The van der Waals surface area contributed by atoms with E-state index in [1.165, 1.54) is 17.8 Å². The number of amides is 1. The van der Waals surface area contributed by atoms with Gasteiger partial charge in [0.25, 0.3) is 5.91 Å². The number of benzene rings is 1. The number of aryl methyl sites for hydroxylation is 1. The molecule has 1 atom stereocenters. The molecule has 1 heterocycles. The van der Waals surface area contributed by atoms with Gasteiger partial charge in [-0.25, -0.2) is 9.78 Å². The van der Waals surface area contributed by atoms with Crippen LogP contribution in [-0.4, -0.2) is 35.6 Å². The predicted octanol–water partition coefficient (Wildman–Crippen LogP) is 4.13. The van der Waals surface area contributed by atoms with Gasteiger partial charge in [0.15, 0.2) is 17.8 Å². The summed E-state index contributed by atoms with van der Waals surface area (Å²) in [6.45, 7) is 3.28. The number of hydrogen-bond donors (Lipinski definition) is 0. The molecule has 28 heavy (non-hydrogen) atoms. The third kappa shape index (κ3) is 5.10. The van der Waals surface area contributed by atoms with Gasteiger partial charge in [-0.15, -0.1) is 11.3 Å². The number of nitrogens with zero attached hydrogens (tertiary/aromatic N) is 2. The Labute approximate surface area is 169 Å². The van der Waals surface area contributed by atoms with Gasteiger partial charge < -0.3 is 9.47 Å². The zero-order valence-electron chi connectivity index (χ0n) is 16.3. The lowest BCUT2D eigenvalue weighted by molar-refractivity contribution is -0.156. The molecule has 7 heteroatoms. The number of carbonyl (C=O) groups is 2. The molecule has 0 aliphatic heterocycles. The number of aromatic nitrogens is 1. The number of hydrogen-bond acceptors (Lipinski definition) is 6. The zero-order valence-corrected chi connectivity index (χ0v) is 17.1. The van der Waals surface area contributed by atoms with Crippen LogP contribution in [-0.2, 0) is 14.3 Å². The molecule has 1 aliphatic rings. The van der Waals surface area contributed by atoms with Gasteiger partial charge in [0, 0.05) is 17.6 Å². The van der Waals surface area contributed by atoms with Gasteiger partial charge in [-0.05, 0) is 38.3 Å². The van der Waals surface area contributed by atoms with Crippen LogP contribution >= 0.6 is 11.3 Å². The van der Waals surface area contributed by atoms with Crippen LogP contribution < -0.4 is 9.64 Å². The molecule has 1 aliphatic carbocycles. The summed E-state index contributed by atoms with van der Waals surface area (Å²) in [7, 11) is 0. The minimum Gasteiger partial charge on any atom is -0.482 e. The summed E-state index contributed by atoms with van der Waals surface area (Å²) in [5, 5.41) is 2.52. The largest absolute Gasteiger partial charge is 0.482 e. The Bertz CT molecular complexity index is 787. The Kier molecular flexibility index (Phi) is 7.03. The maximum atomic E-state index is 13.1. The maximum Gasteiger partial charge on any atom is 0.344 e. The summed E-state index contributed by atoms with van der Waals surface area (Å²) in [4.78, 5) is 31.3. The molecule has 1 fully saturated rings. The van der Waals surface area contributed by atoms with E-state index in [1.54, 1.807) is 24.1 Å². The van der Waals surface area contributed by atoms with Crippen molar-refractivity contribution in [2.45, 2.75) is 58.1 Å². The summed E-state index contributed by atoms with van der Waals surface area (Å²) in [5.41, 5.74) is 0.937.